The van der Waals surface area contributed by atoms with Crippen molar-refractivity contribution < 1.29 is 9.52 Å². The van der Waals surface area contributed by atoms with E-state index in [1.165, 1.54) is 25.3 Å². The molecule has 0 aromatic carbocycles. The molecule has 1 saturated carbocycles. The highest BCUT2D eigenvalue weighted by atomic mass is 16.4. The van der Waals surface area contributed by atoms with Crippen LogP contribution in [0.25, 0.3) is 0 Å². The molecule has 1 fully saturated rings. The van der Waals surface area contributed by atoms with Gasteiger partial charge in [-0.3, -0.25) is 0 Å². The Morgan fingerprint density at radius 3 is 2.88 bits per heavy atom. The van der Waals surface area contributed by atoms with Crippen LogP contribution in [-0.2, 0) is 6.42 Å². The van der Waals surface area contributed by atoms with Gasteiger partial charge in [0.15, 0.2) is 0 Å². The smallest absolute Gasteiger partial charge is 0.339 e. The lowest BCUT2D eigenvalue weighted by Crippen LogP contribution is -1.98. The molecule has 0 bridgehead atoms. The first-order valence-electron chi connectivity index (χ1n) is 6.22. The minimum Gasteiger partial charge on any atom is -0.508 e. The standard InChI is InChI=1S/C14H18O3/c15-12-9-13(17-14(16)10-12)6-4-2-1-3-5-11-7-8-11/h1,3,9-11,15H,2,4-8H2/b3-1+. The quantitative estimate of drug-likeness (QED) is 0.608. The van der Waals surface area contributed by atoms with Gasteiger partial charge in [0.1, 0.15) is 11.5 Å². The van der Waals surface area contributed by atoms with Crippen molar-refractivity contribution in [3.8, 4) is 5.75 Å². The van der Waals surface area contributed by atoms with Gasteiger partial charge in [0.2, 0.25) is 0 Å². The van der Waals surface area contributed by atoms with Crippen LogP contribution in [0.1, 0.15) is 37.9 Å². The number of unbranched alkanes of at least 4 members (excludes halogenated alkanes) is 1. The summed E-state index contributed by atoms with van der Waals surface area (Å²) in [5.41, 5.74) is -0.482. The summed E-state index contributed by atoms with van der Waals surface area (Å²) >= 11 is 0. The van der Waals surface area contributed by atoms with Crippen LogP contribution >= 0.6 is 0 Å². The molecule has 1 aliphatic rings. The molecule has 1 aromatic heterocycles. The van der Waals surface area contributed by atoms with Crippen molar-refractivity contribution in [3.05, 3.63) is 40.5 Å². The van der Waals surface area contributed by atoms with Gasteiger partial charge in [0, 0.05) is 12.5 Å². The summed E-state index contributed by atoms with van der Waals surface area (Å²) in [4.78, 5) is 11.0. The summed E-state index contributed by atoms with van der Waals surface area (Å²) < 4.78 is 4.97. The molecule has 0 unspecified atom stereocenters. The first-order valence-corrected chi connectivity index (χ1v) is 6.22. The number of allylic oxidation sites excluding steroid dienone is 2. The van der Waals surface area contributed by atoms with Crippen molar-refractivity contribution in [3.63, 3.8) is 0 Å². The summed E-state index contributed by atoms with van der Waals surface area (Å²) in [5.74, 6) is 1.49. The molecule has 1 N–H and O–H groups in total. The Morgan fingerprint density at radius 2 is 2.18 bits per heavy atom. The fraction of sp³-hybridized carbons (Fsp3) is 0.500. The second-order valence-electron chi connectivity index (χ2n) is 4.64. The molecule has 1 heterocycles. The topological polar surface area (TPSA) is 50.4 Å². The van der Waals surface area contributed by atoms with Gasteiger partial charge in [0.25, 0.3) is 0 Å². The van der Waals surface area contributed by atoms with Crippen LogP contribution in [0.2, 0.25) is 0 Å². The van der Waals surface area contributed by atoms with Crippen LogP contribution in [0.4, 0.5) is 0 Å². The number of aromatic hydroxyl groups is 1. The van der Waals surface area contributed by atoms with Crippen LogP contribution in [0.5, 0.6) is 5.75 Å². The predicted molar refractivity (Wildman–Crippen MR) is 66.1 cm³/mol. The average Bonchev–Trinajstić information content (AvgIpc) is 3.05. The normalized spacial score (nSPS) is 15.5. The van der Waals surface area contributed by atoms with Crippen molar-refractivity contribution in [2.75, 3.05) is 0 Å². The molecule has 3 nitrogen and oxygen atoms in total. The van der Waals surface area contributed by atoms with Gasteiger partial charge < -0.3 is 9.52 Å². The summed E-state index contributed by atoms with van der Waals surface area (Å²) in [5, 5.41) is 9.23. The van der Waals surface area contributed by atoms with E-state index >= 15 is 0 Å². The fourth-order valence-electron chi connectivity index (χ4n) is 1.79. The van der Waals surface area contributed by atoms with Crippen LogP contribution in [0, 0.1) is 5.92 Å². The monoisotopic (exact) mass is 234 g/mol. The number of rotatable bonds is 6. The third-order valence-corrected chi connectivity index (χ3v) is 2.93. The zero-order valence-corrected chi connectivity index (χ0v) is 9.89. The highest BCUT2D eigenvalue weighted by Gasteiger charge is 2.18. The molecular weight excluding hydrogens is 216 g/mol. The fourth-order valence-corrected chi connectivity index (χ4v) is 1.79. The molecule has 0 aliphatic heterocycles. The first-order chi connectivity index (χ1) is 8.24. The highest BCUT2D eigenvalue weighted by Crippen LogP contribution is 2.32. The van der Waals surface area contributed by atoms with Gasteiger partial charge in [-0.25, -0.2) is 4.79 Å². The molecule has 2 rings (SSSR count). The van der Waals surface area contributed by atoms with E-state index in [4.69, 9.17) is 4.42 Å². The Hall–Kier alpha value is -1.51. The Balaban J connectivity index is 1.69. The molecule has 0 spiro atoms. The minimum absolute atomic E-state index is 0.0134. The maximum atomic E-state index is 11.0. The number of hydrogen-bond donors (Lipinski definition) is 1. The van der Waals surface area contributed by atoms with Gasteiger partial charge in [0.05, 0.1) is 6.07 Å². The summed E-state index contributed by atoms with van der Waals surface area (Å²) in [6.45, 7) is 0. The third kappa shape index (κ3) is 4.47. The van der Waals surface area contributed by atoms with E-state index in [0.29, 0.717) is 12.2 Å². The van der Waals surface area contributed by atoms with E-state index in [9.17, 15) is 9.90 Å². The maximum absolute atomic E-state index is 11.0. The Bertz CT molecular complexity index is 441. The lowest BCUT2D eigenvalue weighted by molar-refractivity contribution is 0.421. The second-order valence-corrected chi connectivity index (χ2v) is 4.64. The highest BCUT2D eigenvalue weighted by molar-refractivity contribution is 5.18. The van der Waals surface area contributed by atoms with Gasteiger partial charge in [-0.05, 0) is 38.0 Å². The van der Waals surface area contributed by atoms with Crippen LogP contribution in [0.3, 0.4) is 0 Å². The second kappa shape index (κ2) is 5.71. The summed E-state index contributed by atoms with van der Waals surface area (Å²) in [6, 6.07) is 2.59. The largest absolute Gasteiger partial charge is 0.508 e. The summed E-state index contributed by atoms with van der Waals surface area (Å²) in [6.07, 6.45) is 11.0. The van der Waals surface area contributed by atoms with Crippen LogP contribution in [-0.4, -0.2) is 5.11 Å². The van der Waals surface area contributed by atoms with Gasteiger partial charge in [-0.15, -0.1) is 0 Å². The average molecular weight is 234 g/mol. The molecule has 17 heavy (non-hydrogen) atoms. The molecule has 1 aromatic rings. The van der Waals surface area contributed by atoms with E-state index < -0.39 is 5.63 Å². The predicted octanol–water partition coefficient (Wildman–Crippen LogP) is 3.02. The van der Waals surface area contributed by atoms with E-state index in [2.05, 4.69) is 12.2 Å². The Morgan fingerprint density at radius 1 is 1.35 bits per heavy atom. The van der Waals surface area contributed by atoms with Crippen molar-refractivity contribution in [1.29, 1.82) is 0 Å². The van der Waals surface area contributed by atoms with E-state index in [1.807, 2.05) is 0 Å². The SMILES string of the molecule is O=c1cc(O)cc(CCC/C=C/CC2CC2)o1. The molecule has 3 heteroatoms. The number of aryl methyl sites for hydroxylation is 1. The number of hydrogen-bond acceptors (Lipinski definition) is 3. The molecule has 0 amide bonds. The maximum Gasteiger partial charge on any atom is 0.339 e. The third-order valence-electron chi connectivity index (χ3n) is 2.93. The van der Waals surface area contributed by atoms with Crippen molar-refractivity contribution in [1.82, 2.24) is 0 Å². The summed E-state index contributed by atoms with van der Waals surface area (Å²) in [7, 11) is 0. The van der Waals surface area contributed by atoms with E-state index in [1.54, 1.807) is 0 Å². The lowest BCUT2D eigenvalue weighted by Gasteiger charge is -1.98. The molecule has 92 valence electrons. The van der Waals surface area contributed by atoms with Crippen molar-refractivity contribution >= 4 is 0 Å². The molecule has 0 atom stereocenters. The van der Waals surface area contributed by atoms with Crippen LogP contribution in [0.15, 0.2) is 33.5 Å². The molecule has 0 saturated heterocycles. The van der Waals surface area contributed by atoms with E-state index in [0.717, 1.165) is 24.8 Å². The van der Waals surface area contributed by atoms with Crippen molar-refractivity contribution in [2.24, 2.45) is 5.92 Å². The van der Waals surface area contributed by atoms with Gasteiger partial charge in [-0.2, -0.15) is 0 Å². The minimum atomic E-state index is -0.482. The van der Waals surface area contributed by atoms with E-state index in [-0.39, 0.29) is 5.75 Å². The Kier molecular flexibility index (Phi) is 4.02. The van der Waals surface area contributed by atoms with Crippen LogP contribution < -0.4 is 5.63 Å². The van der Waals surface area contributed by atoms with Crippen molar-refractivity contribution in [2.45, 2.75) is 38.5 Å². The molecule has 1 aliphatic carbocycles. The van der Waals surface area contributed by atoms with Gasteiger partial charge >= 0.3 is 5.63 Å². The Labute approximate surface area is 101 Å². The molecular formula is C14H18O3. The lowest BCUT2D eigenvalue weighted by atomic mass is 10.1. The molecule has 0 radical (unpaired) electrons. The first kappa shape index (κ1) is 12.0. The zero-order chi connectivity index (χ0) is 12.1. The van der Waals surface area contributed by atoms with Gasteiger partial charge in [-0.1, -0.05) is 12.2 Å². The zero-order valence-electron chi connectivity index (χ0n) is 9.89.